The molecule has 0 aliphatic carbocycles. The van der Waals surface area contributed by atoms with Crippen LogP contribution in [0, 0.1) is 13.8 Å². The maximum atomic E-state index is 12.1. The zero-order valence-corrected chi connectivity index (χ0v) is 14.1. The number of benzene rings is 1. The van der Waals surface area contributed by atoms with Crippen molar-refractivity contribution < 1.29 is 13.9 Å². The number of nitrogens with zero attached hydrogens (tertiary/aromatic N) is 4. The standard InChI is InChI=1S/C17H20N4O3/c1-4-5-21-16(18-19-20-21)10-24-17(22)8-13-9-23-15-7-12(3)11(2)6-14(13)15/h6-7,9H,4-5,8,10H2,1-3H3. The van der Waals surface area contributed by atoms with Crippen LogP contribution >= 0.6 is 0 Å². The van der Waals surface area contributed by atoms with Crippen molar-refractivity contribution in [2.75, 3.05) is 0 Å². The number of ether oxygens (including phenoxy) is 1. The Balaban J connectivity index is 1.67. The van der Waals surface area contributed by atoms with E-state index in [2.05, 4.69) is 15.5 Å². The molecule has 24 heavy (non-hydrogen) atoms. The Morgan fingerprint density at radius 3 is 2.88 bits per heavy atom. The van der Waals surface area contributed by atoms with E-state index >= 15 is 0 Å². The topological polar surface area (TPSA) is 83.0 Å². The van der Waals surface area contributed by atoms with E-state index in [0.29, 0.717) is 12.4 Å². The van der Waals surface area contributed by atoms with Crippen molar-refractivity contribution in [1.29, 1.82) is 0 Å². The number of carbonyl (C=O) groups is 1. The summed E-state index contributed by atoms with van der Waals surface area (Å²) in [6, 6.07) is 4.02. The van der Waals surface area contributed by atoms with Gasteiger partial charge in [0, 0.05) is 17.5 Å². The highest BCUT2D eigenvalue weighted by atomic mass is 16.5. The van der Waals surface area contributed by atoms with Gasteiger partial charge < -0.3 is 9.15 Å². The first kappa shape index (κ1) is 16.2. The number of aryl methyl sites for hydroxylation is 3. The summed E-state index contributed by atoms with van der Waals surface area (Å²) in [4.78, 5) is 12.1. The number of tetrazole rings is 1. The predicted molar refractivity (Wildman–Crippen MR) is 87.3 cm³/mol. The zero-order valence-electron chi connectivity index (χ0n) is 14.1. The Kier molecular flexibility index (Phi) is 4.59. The first-order valence-electron chi connectivity index (χ1n) is 7.96. The maximum Gasteiger partial charge on any atom is 0.310 e. The highest BCUT2D eigenvalue weighted by Crippen LogP contribution is 2.25. The molecule has 7 heteroatoms. The lowest BCUT2D eigenvalue weighted by Gasteiger charge is -2.05. The molecule has 0 spiro atoms. The first-order chi connectivity index (χ1) is 11.6. The van der Waals surface area contributed by atoms with Gasteiger partial charge in [-0.3, -0.25) is 4.79 Å². The smallest absolute Gasteiger partial charge is 0.310 e. The van der Waals surface area contributed by atoms with Crippen molar-refractivity contribution in [3.8, 4) is 0 Å². The van der Waals surface area contributed by atoms with Gasteiger partial charge in [0.15, 0.2) is 12.4 Å². The third kappa shape index (κ3) is 3.29. The van der Waals surface area contributed by atoms with E-state index in [1.165, 1.54) is 0 Å². The largest absolute Gasteiger partial charge is 0.464 e. The van der Waals surface area contributed by atoms with Crippen LogP contribution in [0.5, 0.6) is 0 Å². The monoisotopic (exact) mass is 328 g/mol. The van der Waals surface area contributed by atoms with Gasteiger partial charge in [-0.15, -0.1) is 5.10 Å². The fourth-order valence-corrected chi connectivity index (χ4v) is 2.54. The summed E-state index contributed by atoms with van der Waals surface area (Å²) in [5.41, 5.74) is 3.94. The highest BCUT2D eigenvalue weighted by molar-refractivity contribution is 5.86. The van der Waals surface area contributed by atoms with Gasteiger partial charge >= 0.3 is 5.97 Å². The Morgan fingerprint density at radius 1 is 1.29 bits per heavy atom. The second kappa shape index (κ2) is 6.82. The van der Waals surface area contributed by atoms with Gasteiger partial charge in [0.1, 0.15) is 5.58 Å². The minimum Gasteiger partial charge on any atom is -0.464 e. The van der Waals surface area contributed by atoms with Gasteiger partial charge in [-0.2, -0.15) is 0 Å². The predicted octanol–water partition coefficient (Wildman–Crippen LogP) is 2.73. The number of fused-ring (bicyclic) bond motifs is 1. The normalized spacial score (nSPS) is 11.1. The van der Waals surface area contributed by atoms with E-state index in [1.54, 1.807) is 10.9 Å². The van der Waals surface area contributed by atoms with Crippen LogP contribution in [0.15, 0.2) is 22.8 Å². The van der Waals surface area contributed by atoms with Crippen molar-refractivity contribution in [2.24, 2.45) is 0 Å². The van der Waals surface area contributed by atoms with Crippen LogP contribution in [0.25, 0.3) is 11.0 Å². The minimum absolute atomic E-state index is 0.0692. The highest BCUT2D eigenvalue weighted by Gasteiger charge is 2.14. The molecule has 1 aromatic carbocycles. The van der Waals surface area contributed by atoms with Crippen molar-refractivity contribution >= 4 is 16.9 Å². The summed E-state index contributed by atoms with van der Waals surface area (Å²) in [5, 5.41) is 12.3. The van der Waals surface area contributed by atoms with E-state index in [0.717, 1.165) is 34.1 Å². The molecular formula is C17H20N4O3. The third-order valence-electron chi connectivity index (χ3n) is 4.01. The Hall–Kier alpha value is -2.70. The molecule has 2 aromatic heterocycles. The summed E-state index contributed by atoms with van der Waals surface area (Å²) in [7, 11) is 0. The molecule has 0 aliphatic rings. The van der Waals surface area contributed by atoms with Gasteiger partial charge in [0.2, 0.25) is 0 Å². The van der Waals surface area contributed by atoms with Crippen LogP contribution in [-0.2, 0) is 29.1 Å². The van der Waals surface area contributed by atoms with Crippen LogP contribution < -0.4 is 0 Å². The molecule has 0 fully saturated rings. The average Bonchev–Trinajstić information content (AvgIpc) is 3.14. The lowest BCUT2D eigenvalue weighted by atomic mass is 10.0. The second-order valence-corrected chi connectivity index (χ2v) is 5.85. The van der Waals surface area contributed by atoms with Crippen LogP contribution in [0.2, 0.25) is 0 Å². The van der Waals surface area contributed by atoms with Crippen molar-refractivity contribution in [2.45, 2.75) is 46.8 Å². The molecule has 0 aliphatic heterocycles. The molecule has 3 rings (SSSR count). The number of furan rings is 1. The Bertz CT molecular complexity index is 866. The van der Waals surface area contributed by atoms with Crippen LogP contribution in [0.3, 0.4) is 0 Å². The van der Waals surface area contributed by atoms with Gasteiger partial charge in [-0.25, -0.2) is 4.68 Å². The van der Waals surface area contributed by atoms with E-state index in [-0.39, 0.29) is 19.0 Å². The summed E-state index contributed by atoms with van der Waals surface area (Å²) in [6.45, 7) is 6.87. The number of esters is 1. The molecule has 0 saturated heterocycles. The molecule has 0 bridgehead atoms. The molecule has 0 saturated carbocycles. The molecule has 0 unspecified atom stereocenters. The molecular weight excluding hydrogens is 308 g/mol. The van der Waals surface area contributed by atoms with E-state index in [4.69, 9.17) is 9.15 Å². The fourth-order valence-electron chi connectivity index (χ4n) is 2.54. The fraction of sp³-hybridized carbons (Fsp3) is 0.412. The molecule has 0 radical (unpaired) electrons. The van der Waals surface area contributed by atoms with E-state index < -0.39 is 0 Å². The van der Waals surface area contributed by atoms with Gasteiger partial charge in [-0.05, 0) is 54.0 Å². The van der Waals surface area contributed by atoms with Gasteiger partial charge in [0.25, 0.3) is 0 Å². The minimum atomic E-state index is -0.332. The van der Waals surface area contributed by atoms with E-state index in [1.807, 2.05) is 32.9 Å². The van der Waals surface area contributed by atoms with Crippen LogP contribution in [0.1, 0.15) is 35.9 Å². The van der Waals surface area contributed by atoms with Crippen molar-refractivity contribution in [3.05, 3.63) is 40.9 Å². The Morgan fingerprint density at radius 2 is 2.08 bits per heavy atom. The summed E-state index contributed by atoms with van der Waals surface area (Å²) in [5.74, 6) is 0.218. The molecule has 0 atom stereocenters. The van der Waals surface area contributed by atoms with Crippen LogP contribution in [0.4, 0.5) is 0 Å². The number of hydrogen-bond acceptors (Lipinski definition) is 6. The summed E-state index contributed by atoms with van der Waals surface area (Å²) >= 11 is 0. The SMILES string of the molecule is CCCn1nnnc1COC(=O)Cc1coc2cc(C)c(C)cc12. The molecule has 3 aromatic rings. The lowest BCUT2D eigenvalue weighted by Crippen LogP contribution is -2.12. The maximum absolute atomic E-state index is 12.1. The molecule has 0 amide bonds. The first-order valence-corrected chi connectivity index (χ1v) is 7.96. The van der Waals surface area contributed by atoms with Crippen molar-refractivity contribution in [3.63, 3.8) is 0 Å². The summed E-state index contributed by atoms with van der Waals surface area (Å²) in [6.07, 6.45) is 2.68. The van der Waals surface area contributed by atoms with E-state index in [9.17, 15) is 4.79 Å². The zero-order chi connectivity index (χ0) is 17.1. The second-order valence-electron chi connectivity index (χ2n) is 5.85. The molecule has 7 nitrogen and oxygen atoms in total. The average molecular weight is 328 g/mol. The number of aromatic nitrogens is 4. The third-order valence-corrected chi connectivity index (χ3v) is 4.01. The number of hydrogen-bond donors (Lipinski definition) is 0. The summed E-state index contributed by atoms with van der Waals surface area (Å²) < 4.78 is 12.5. The molecule has 126 valence electrons. The van der Waals surface area contributed by atoms with Crippen LogP contribution in [-0.4, -0.2) is 26.2 Å². The number of rotatable bonds is 6. The van der Waals surface area contributed by atoms with Gasteiger partial charge in [-0.1, -0.05) is 6.92 Å². The quantitative estimate of drug-likeness (QED) is 0.647. The molecule has 0 N–H and O–H groups in total. The Labute approximate surface area is 139 Å². The van der Waals surface area contributed by atoms with Crippen molar-refractivity contribution in [1.82, 2.24) is 20.2 Å². The van der Waals surface area contributed by atoms with Gasteiger partial charge in [0.05, 0.1) is 12.7 Å². The molecule has 2 heterocycles. The lowest BCUT2D eigenvalue weighted by molar-refractivity contribution is -0.144. The number of carbonyl (C=O) groups excluding carboxylic acids is 1.